The van der Waals surface area contributed by atoms with Crippen molar-refractivity contribution < 1.29 is 5.11 Å². The SMILES string of the molecule is CCC=CCC=CCC=CCC=CCC=CCC=CCCCCCCCCCCCCCO. The molecule has 1 heteroatoms. The summed E-state index contributed by atoms with van der Waals surface area (Å²) in [7, 11) is 0. The predicted octanol–water partition coefficient (Wildman–Crippen LogP) is 10.4. The van der Waals surface area contributed by atoms with E-state index in [1.807, 2.05) is 0 Å². The first-order chi connectivity index (χ1) is 16.4. The van der Waals surface area contributed by atoms with Gasteiger partial charge in [-0.3, -0.25) is 0 Å². The van der Waals surface area contributed by atoms with Crippen LogP contribution in [0, 0.1) is 0 Å². The van der Waals surface area contributed by atoms with Gasteiger partial charge in [0.1, 0.15) is 0 Å². The maximum atomic E-state index is 8.75. The van der Waals surface area contributed by atoms with Crippen molar-refractivity contribution in [2.45, 2.75) is 122 Å². The highest BCUT2D eigenvalue weighted by atomic mass is 16.2. The Hall–Kier alpha value is -1.60. The summed E-state index contributed by atoms with van der Waals surface area (Å²) in [6.07, 6.45) is 49.2. The molecule has 0 saturated carbocycles. The zero-order valence-corrected chi connectivity index (χ0v) is 21.8. The molecular weight excluding hydrogens is 400 g/mol. The lowest BCUT2D eigenvalue weighted by Gasteiger charge is -2.02. The molecule has 0 bridgehead atoms. The van der Waals surface area contributed by atoms with Gasteiger partial charge in [0.05, 0.1) is 0 Å². The van der Waals surface area contributed by atoms with Crippen LogP contribution in [0.4, 0.5) is 0 Å². The third-order valence-electron chi connectivity index (χ3n) is 5.63. The number of unbranched alkanes of at least 4 members (excludes halogenated alkanes) is 11. The number of rotatable bonds is 24. The second kappa shape index (κ2) is 30.4. The molecule has 0 radical (unpaired) electrons. The van der Waals surface area contributed by atoms with E-state index in [0.29, 0.717) is 6.61 Å². The van der Waals surface area contributed by atoms with Gasteiger partial charge in [0, 0.05) is 6.61 Å². The topological polar surface area (TPSA) is 20.2 Å². The molecule has 0 rings (SSSR count). The lowest BCUT2D eigenvalue weighted by Crippen LogP contribution is -1.84. The van der Waals surface area contributed by atoms with E-state index in [1.165, 1.54) is 70.6 Å². The van der Waals surface area contributed by atoms with Crippen LogP contribution in [0.3, 0.4) is 0 Å². The van der Waals surface area contributed by atoms with Crippen molar-refractivity contribution in [1.82, 2.24) is 0 Å². The summed E-state index contributed by atoms with van der Waals surface area (Å²) in [6, 6.07) is 0. The number of aliphatic hydroxyl groups excluding tert-OH is 1. The highest BCUT2D eigenvalue weighted by Crippen LogP contribution is 2.12. The van der Waals surface area contributed by atoms with Gasteiger partial charge in [-0.1, -0.05) is 138 Å². The highest BCUT2D eigenvalue weighted by molar-refractivity contribution is 5.01. The Morgan fingerprint density at radius 2 is 0.667 bits per heavy atom. The van der Waals surface area contributed by atoms with Crippen LogP contribution in [0.2, 0.25) is 0 Å². The Balaban J connectivity index is 3.35. The Morgan fingerprint density at radius 1 is 0.364 bits per heavy atom. The first-order valence-corrected chi connectivity index (χ1v) is 13.9. The monoisotopic (exact) mass is 454 g/mol. The van der Waals surface area contributed by atoms with Gasteiger partial charge in [0.2, 0.25) is 0 Å². The van der Waals surface area contributed by atoms with Crippen LogP contribution in [0.15, 0.2) is 72.9 Å². The van der Waals surface area contributed by atoms with Crippen LogP contribution < -0.4 is 0 Å². The van der Waals surface area contributed by atoms with Crippen molar-refractivity contribution in [3.05, 3.63) is 72.9 Å². The van der Waals surface area contributed by atoms with Crippen molar-refractivity contribution in [2.24, 2.45) is 0 Å². The largest absolute Gasteiger partial charge is 0.396 e. The zero-order valence-electron chi connectivity index (χ0n) is 21.8. The fourth-order valence-electron chi connectivity index (χ4n) is 3.60. The van der Waals surface area contributed by atoms with Crippen molar-refractivity contribution in [3.8, 4) is 0 Å². The molecule has 0 aromatic carbocycles. The molecule has 0 heterocycles. The summed E-state index contributed by atoms with van der Waals surface area (Å²) in [4.78, 5) is 0. The Labute approximate surface area is 207 Å². The van der Waals surface area contributed by atoms with Gasteiger partial charge >= 0.3 is 0 Å². The summed E-state index contributed by atoms with van der Waals surface area (Å²) in [6.45, 7) is 2.53. The third-order valence-corrected chi connectivity index (χ3v) is 5.63. The van der Waals surface area contributed by atoms with Crippen molar-refractivity contribution in [2.75, 3.05) is 6.61 Å². The lowest BCUT2D eigenvalue weighted by molar-refractivity contribution is 0.282. The standard InChI is InChI=1S/C32H54O/c1-2-3-4-5-6-7-8-9-10-11-12-13-14-15-16-17-18-19-20-21-22-23-24-25-26-27-28-29-30-31-32-33/h3-4,6-7,9-10,12-13,15-16,18-19,33H,2,5,8,11,14,17,20-32H2,1H3. The molecule has 1 N–H and O–H groups in total. The fraction of sp³-hybridized carbons (Fsp3) is 0.625. The molecule has 188 valence electrons. The minimum Gasteiger partial charge on any atom is -0.396 e. The number of aliphatic hydroxyl groups is 1. The molecule has 0 aromatic heterocycles. The zero-order chi connectivity index (χ0) is 23.9. The van der Waals surface area contributed by atoms with Crippen LogP contribution in [-0.4, -0.2) is 11.7 Å². The van der Waals surface area contributed by atoms with Gasteiger partial charge in [-0.25, -0.2) is 0 Å². The molecule has 1 nitrogen and oxygen atoms in total. The van der Waals surface area contributed by atoms with E-state index in [0.717, 1.165) is 44.9 Å². The van der Waals surface area contributed by atoms with Crippen LogP contribution >= 0.6 is 0 Å². The van der Waals surface area contributed by atoms with Crippen molar-refractivity contribution >= 4 is 0 Å². The lowest BCUT2D eigenvalue weighted by atomic mass is 10.1. The summed E-state index contributed by atoms with van der Waals surface area (Å²) in [5, 5.41) is 8.75. The molecule has 0 saturated heterocycles. The molecule has 0 aliphatic heterocycles. The van der Waals surface area contributed by atoms with E-state index in [2.05, 4.69) is 79.8 Å². The van der Waals surface area contributed by atoms with Gasteiger partial charge in [-0.15, -0.1) is 0 Å². The van der Waals surface area contributed by atoms with E-state index in [-0.39, 0.29) is 0 Å². The average molecular weight is 455 g/mol. The first kappa shape index (κ1) is 31.4. The average Bonchev–Trinajstić information content (AvgIpc) is 2.83. The summed E-state index contributed by atoms with van der Waals surface area (Å²) >= 11 is 0. The van der Waals surface area contributed by atoms with Gasteiger partial charge in [0.15, 0.2) is 0 Å². The second-order valence-corrected chi connectivity index (χ2v) is 8.82. The Morgan fingerprint density at radius 3 is 1.03 bits per heavy atom. The Bertz CT molecular complexity index is 533. The van der Waals surface area contributed by atoms with Crippen LogP contribution in [0.5, 0.6) is 0 Å². The summed E-state index contributed by atoms with van der Waals surface area (Å²) in [5.74, 6) is 0. The molecule has 0 aromatic rings. The van der Waals surface area contributed by atoms with Gasteiger partial charge in [-0.05, 0) is 57.8 Å². The van der Waals surface area contributed by atoms with E-state index >= 15 is 0 Å². The van der Waals surface area contributed by atoms with E-state index in [1.54, 1.807) is 0 Å². The molecular formula is C32H54O. The molecule has 0 amide bonds. The summed E-state index contributed by atoms with van der Waals surface area (Å²) in [5.41, 5.74) is 0. The van der Waals surface area contributed by atoms with Gasteiger partial charge < -0.3 is 5.11 Å². The number of hydrogen-bond acceptors (Lipinski definition) is 1. The molecule has 0 fully saturated rings. The normalized spacial score (nSPS) is 12.9. The van der Waals surface area contributed by atoms with E-state index < -0.39 is 0 Å². The molecule has 0 spiro atoms. The van der Waals surface area contributed by atoms with Crippen LogP contribution in [-0.2, 0) is 0 Å². The van der Waals surface area contributed by atoms with E-state index in [4.69, 9.17) is 5.11 Å². The molecule has 0 aliphatic rings. The van der Waals surface area contributed by atoms with Crippen molar-refractivity contribution in [1.29, 1.82) is 0 Å². The second-order valence-electron chi connectivity index (χ2n) is 8.82. The highest BCUT2D eigenvalue weighted by Gasteiger charge is 1.93. The number of hydrogen-bond donors (Lipinski definition) is 1. The predicted molar refractivity (Wildman–Crippen MR) is 151 cm³/mol. The minimum atomic E-state index is 0.360. The maximum absolute atomic E-state index is 8.75. The maximum Gasteiger partial charge on any atom is 0.0431 e. The Kier molecular flexibility index (Phi) is 28.9. The van der Waals surface area contributed by atoms with Gasteiger partial charge in [-0.2, -0.15) is 0 Å². The van der Waals surface area contributed by atoms with E-state index in [9.17, 15) is 0 Å². The quantitative estimate of drug-likeness (QED) is 0.114. The summed E-state index contributed by atoms with van der Waals surface area (Å²) < 4.78 is 0. The third kappa shape index (κ3) is 30.4. The van der Waals surface area contributed by atoms with Gasteiger partial charge in [0.25, 0.3) is 0 Å². The molecule has 33 heavy (non-hydrogen) atoms. The molecule has 0 aliphatic carbocycles. The first-order valence-electron chi connectivity index (χ1n) is 13.9. The number of allylic oxidation sites excluding steroid dienone is 12. The van der Waals surface area contributed by atoms with Crippen molar-refractivity contribution in [3.63, 3.8) is 0 Å². The smallest absolute Gasteiger partial charge is 0.0431 e. The fourth-order valence-corrected chi connectivity index (χ4v) is 3.60. The molecule has 0 unspecified atom stereocenters. The molecule has 0 atom stereocenters. The van der Waals surface area contributed by atoms with Crippen LogP contribution in [0.1, 0.15) is 122 Å². The minimum absolute atomic E-state index is 0.360. The van der Waals surface area contributed by atoms with Crippen LogP contribution in [0.25, 0.3) is 0 Å².